The number of ether oxygens (including phenoxy) is 1. The normalized spacial score (nSPS) is 16.4. The zero-order chi connectivity index (χ0) is 21.3. The zero-order valence-electron chi connectivity index (χ0n) is 18.1. The van der Waals surface area contributed by atoms with Crippen molar-refractivity contribution in [3.05, 3.63) is 70.8 Å². The second-order valence-corrected chi connectivity index (χ2v) is 7.73. The van der Waals surface area contributed by atoms with Crippen molar-refractivity contribution in [2.24, 2.45) is 4.99 Å². The van der Waals surface area contributed by atoms with Crippen molar-refractivity contribution >= 4 is 11.9 Å². The summed E-state index contributed by atoms with van der Waals surface area (Å²) in [6, 6.07) is 16.1. The number of hydrogen-bond donors (Lipinski definition) is 2. The first-order valence-electron chi connectivity index (χ1n) is 10.5. The summed E-state index contributed by atoms with van der Waals surface area (Å²) in [4.78, 5) is 19.0. The average Bonchev–Trinajstić information content (AvgIpc) is 3.28. The number of carbonyl (C=O) groups is 1. The van der Waals surface area contributed by atoms with Gasteiger partial charge in [0, 0.05) is 45.9 Å². The zero-order valence-corrected chi connectivity index (χ0v) is 18.1. The monoisotopic (exact) mass is 408 g/mol. The maximum Gasteiger partial charge on any atom is 0.251 e. The van der Waals surface area contributed by atoms with Gasteiger partial charge in [0.25, 0.3) is 5.91 Å². The number of rotatable bonds is 7. The molecule has 2 N–H and O–H groups in total. The molecule has 0 radical (unpaired) electrons. The third-order valence-corrected chi connectivity index (χ3v) is 5.40. The molecule has 2 aromatic rings. The fraction of sp³-hybridized carbons (Fsp3) is 0.417. The summed E-state index contributed by atoms with van der Waals surface area (Å²) < 4.78 is 5.57. The topological polar surface area (TPSA) is 66.0 Å². The van der Waals surface area contributed by atoms with Crippen molar-refractivity contribution in [3.63, 3.8) is 0 Å². The van der Waals surface area contributed by atoms with E-state index in [1.807, 2.05) is 31.3 Å². The minimum Gasteiger partial charge on any atom is -0.376 e. The van der Waals surface area contributed by atoms with Gasteiger partial charge in [0.05, 0.1) is 6.10 Å². The molecule has 1 fully saturated rings. The van der Waals surface area contributed by atoms with E-state index < -0.39 is 0 Å². The Morgan fingerprint density at radius 1 is 1.20 bits per heavy atom. The lowest BCUT2D eigenvalue weighted by molar-refractivity contribution is 0.0857. The van der Waals surface area contributed by atoms with E-state index in [4.69, 9.17) is 4.74 Å². The molecule has 1 atom stereocenters. The lowest BCUT2D eigenvalue weighted by atomic mass is 10.1. The number of aliphatic imine (C=N–C) groups is 1. The van der Waals surface area contributed by atoms with Crippen LogP contribution in [0.4, 0.5) is 0 Å². The van der Waals surface area contributed by atoms with Crippen LogP contribution < -0.4 is 10.6 Å². The van der Waals surface area contributed by atoms with Crippen LogP contribution in [0.15, 0.2) is 53.5 Å². The number of carbonyl (C=O) groups excluding carboxylic acids is 1. The highest BCUT2D eigenvalue weighted by Gasteiger charge is 2.17. The highest BCUT2D eigenvalue weighted by atomic mass is 16.5. The molecule has 1 heterocycles. The lowest BCUT2D eigenvalue weighted by Crippen LogP contribution is -2.38. The molecule has 1 amide bonds. The van der Waals surface area contributed by atoms with Gasteiger partial charge in [0.15, 0.2) is 5.96 Å². The molecule has 1 aliphatic heterocycles. The van der Waals surface area contributed by atoms with Gasteiger partial charge in [0.1, 0.15) is 0 Å². The van der Waals surface area contributed by atoms with Crippen LogP contribution in [0.2, 0.25) is 0 Å². The second-order valence-electron chi connectivity index (χ2n) is 7.73. The molecule has 160 valence electrons. The van der Waals surface area contributed by atoms with E-state index in [2.05, 4.69) is 51.7 Å². The van der Waals surface area contributed by atoms with Crippen molar-refractivity contribution in [2.45, 2.75) is 39.0 Å². The van der Waals surface area contributed by atoms with Crippen molar-refractivity contribution in [1.82, 2.24) is 15.5 Å². The minimum atomic E-state index is -0.0617. The van der Waals surface area contributed by atoms with Gasteiger partial charge in [-0.05, 0) is 48.6 Å². The molecule has 0 bridgehead atoms. The molecule has 6 heteroatoms. The van der Waals surface area contributed by atoms with Gasteiger partial charge in [-0.3, -0.25) is 9.79 Å². The second kappa shape index (κ2) is 10.8. The van der Waals surface area contributed by atoms with Crippen LogP contribution in [0, 0.1) is 6.92 Å². The molecular weight excluding hydrogens is 376 g/mol. The van der Waals surface area contributed by atoms with Gasteiger partial charge in [-0.15, -0.1) is 0 Å². The number of nitrogens with one attached hydrogen (secondary N) is 2. The summed E-state index contributed by atoms with van der Waals surface area (Å²) in [7, 11) is 3.81. The van der Waals surface area contributed by atoms with E-state index in [0.717, 1.165) is 37.5 Å². The van der Waals surface area contributed by atoms with Gasteiger partial charge in [-0.1, -0.05) is 36.4 Å². The number of amides is 1. The smallest absolute Gasteiger partial charge is 0.251 e. The van der Waals surface area contributed by atoms with Crippen LogP contribution in [0.1, 0.15) is 39.9 Å². The van der Waals surface area contributed by atoms with Crippen LogP contribution in [0.3, 0.4) is 0 Å². The van der Waals surface area contributed by atoms with Gasteiger partial charge >= 0.3 is 0 Å². The Bertz CT molecular complexity index is 875. The fourth-order valence-electron chi connectivity index (χ4n) is 3.62. The maximum atomic E-state index is 12.5. The number of benzene rings is 2. The lowest BCUT2D eigenvalue weighted by Gasteiger charge is -2.23. The Kier molecular flexibility index (Phi) is 7.85. The van der Waals surface area contributed by atoms with Crippen molar-refractivity contribution in [1.29, 1.82) is 0 Å². The number of aryl methyl sites for hydroxylation is 1. The third kappa shape index (κ3) is 6.07. The summed E-state index contributed by atoms with van der Waals surface area (Å²) in [5.41, 5.74) is 4.23. The Balaban J connectivity index is 1.54. The van der Waals surface area contributed by atoms with E-state index in [-0.39, 0.29) is 12.0 Å². The maximum absolute atomic E-state index is 12.5. The predicted octanol–water partition coefficient (Wildman–Crippen LogP) is 3.11. The van der Waals surface area contributed by atoms with E-state index in [0.29, 0.717) is 18.7 Å². The van der Waals surface area contributed by atoms with E-state index in [1.165, 1.54) is 11.1 Å². The van der Waals surface area contributed by atoms with Crippen molar-refractivity contribution in [2.75, 3.05) is 27.2 Å². The highest BCUT2D eigenvalue weighted by Crippen LogP contribution is 2.12. The number of hydrogen-bond acceptors (Lipinski definition) is 3. The molecule has 1 saturated heterocycles. The molecule has 1 unspecified atom stereocenters. The molecule has 0 saturated carbocycles. The summed E-state index contributed by atoms with van der Waals surface area (Å²) >= 11 is 0. The van der Waals surface area contributed by atoms with Gasteiger partial charge in [-0.25, -0.2) is 0 Å². The number of guanidine groups is 1. The fourth-order valence-corrected chi connectivity index (χ4v) is 3.62. The largest absolute Gasteiger partial charge is 0.376 e. The Morgan fingerprint density at radius 2 is 2.03 bits per heavy atom. The predicted molar refractivity (Wildman–Crippen MR) is 121 cm³/mol. The van der Waals surface area contributed by atoms with Gasteiger partial charge in [0.2, 0.25) is 0 Å². The SMILES string of the molecule is CN=C(NCc1cccc(C(=O)NCC2CCCO2)c1)N(C)Cc1ccccc1C. The quantitative estimate of drug-likeness (QED) is 0.546. The minimum absolute atomic E-state index is 0.0617. The van der Waals surface area contributed by atoms with Gasteiger partial charge in [-0.2, -0.15) is 0 Å². The van der Waals surface area contributed by atoms with Crippen LogP contribution in [0.25, 0.3) is 0 Å². The highest BCUT2D eigenvalue weighted by molar-refractivity contribution is 5.94. The molecule has 2 aromatic carbocycles. The van der Waals surface area contributed by atoms with Crippen LogP contribution in [0.5, 0.6) is 0 Å². The van der Waals surface area contributed by atoms with Crippen molar-refractivity contribution < 1.29 is 9.53 Å². The molecule has 6 nitrogen and oxygen atoms in total. The van der Waals surface area contributed by atoms with Gasteiger partial charge < -0.3 is 20.3 Å². The third-order valence-electron chi connectivity index (χ3n) is 5.40. The van der Waals surface area contributed by atoms with E-state index in [9.17, 15) is 4.79 Å². The molecule has 1 aliphatic rings. The molecule has 0 spiro atoms. The van der Waals surface area contributed by atoms with Crippen LogP contribution >= 0.6 is 0 Å². The van der Waals surface area contributed by atoms with E-state index in [1.54, 1.807) is 7.05 Å². The Morgan fingerprint density at radius 3 is 2.77 bits per heavy atom. The molecule has 30 heavy (non-hydrogen) atoms. The first-order chi connectivity index (χ1) is 14.6. The van der Waals surface area contributed by atoms with Crippen LogP contribution in [-0.4, -0.2) is 50.1 Å². The summed E-state index contributed by atoms with van der Waals surface area (Å²) in [6.45, 7) is 4.85. The molecule has 0 aliphatic carbocycles. The summed E-state index contributed by atoms with van der Waals surface area (Å²) in [6.07, 6.45) is 2.23. The molecular formula is C24H32N4O2. The molecule has 0 aromatic heterocycles. The Hall–Kier alpha value is -2.86. The first-order valence-corrected chi connectivity index (χ1v) is 10.5. The molecule has 3 rings (SSSR count). The van der Waals surface area contributed by atoms with Crippen molar-refractivity contribution in [3.8, 4) is 0 Å². The number of nitrogens with zero attached hydrogens (tertiary/aromatic N) is 2. The van der Waals surface area contributed by atoms with Crippen LogP contribution in [-0.2, 0) is 17.8 Å². The average molecular weight is 409 g/mol. The first kappa shape index (κ1) is 21.8. The summed E-state index contributed by atoms with van der Waals surface area (Å²) in [5.74, 6) is 0.750. The summed E-state index contributed by atoms with van der Waals surface area (Å²) in [5, 5.41) is 6.37. The van der Waals surface area contributed by atoms with E-state index >= 15 is 0 Å². The standard InChI is InChI=1S/C24H32N4O2/c1-18-8-4-5-10-21(18)17-28(3)24(25-2)27-15-19-9-6-11-20(14-19)23(29)26-16-22-12-7-13-30-22/h4-6,8-11,14,22H,7,12-13,15-17H2,1-3H3,(H,25,27)(H,26,29). The Labute approximate surface area is 179 Å².